The van der Waals surface area contributed by atoms with Crippen LogP contribution in [0.1, 0.15) is 37.1 Å². The number of piperidine rings is 2. The van der Waals surface area contributed by atoms with Gasteiger partial charge in [0, 0.05) is 25.2 Å². The standard InChI is InChI=1S/C25H30N4O/c1-3-9-21(10-4-1)17-28-15-7-13-25(19-28)14-8-16-29(20-25)18-23-26-24(27-30-23)22-11-5-2-6-12-22/h1-6,9-12H,7-8,13-20H2/t25-/m1/s1. The van der Waals surface area contributed by atoms with Crippen LogP contribution in [0.4, 0.5) is 0 Å². The largest absolute Gasteiger partial charge is 0.338 e. The van der Waals surface area contributed by atoms with Gasteiger partial charge < -0.3 is 4.52 Å². The molecular weight excluding hydrogens is 372 g/mol. The highest BCUT2D eigenvalue weighted by atomic mass is 16.5. The van der Waals surface area contributed by atoms with Crippen LogP contribution >= 0.6 is 0 Å². The molecule has 5 nitrogen and oxygen atoms in total. The monoisotopic (exact) mass is 402 g/mol. The van der Waals surface area contributed by atoms with Gasteiger partial charge in [0.2, 0.25) is 11.7 Å². The van der Waals surface area contributed by atoms with E-state index >= 15 is 0 Å². The molecule has 1 aromatic heterocycles. The predicted octanol–water partition coefficient (Wildman–Crippen LogP) is 4.61. The van der Waals surface area contributed by atoms with Gasteiger partial charge in [0.15, 0.2) is 0 Å². The summed E-state index contributed by atoms with van der Waals surface area (Å²) in [6, 6.07) is 20.9. The fourth-order valence-corrected chi connectivity index (χ4v) is 5.28. The highest BCUT2D eigenvalue weighted by Gasteiger charge is 2.39. The van der Waals surface area contributed by atoms with Crippen molar-refractivity contribution < 1.29 is 4.52 Å². The quantitative estimate of drug-likeness (QED) is 0.623. The molecule has 30 heavy (non-hydrogen) atoms. The Balaban J connectivity index is 1.23. The van der Waals surface area contributed by atoms with Crippen LogP contribution in [-0.2, 0) is 13.1 Å². The lowest BCUT2D eigenvalue weighted by Crippen LogP contribution is -2.51. The fraction of sp³-hybridized carbons (Fsp3) is 0.440. The van der Waals surface area contributed by atoms with E-state index in [2.05, 4.69) is 50.3 Å². The second kappa shape index (κ2) is 8.70. The Morgan fingerprint density at radius 1 is 0.800 bits per heavy atom. The minimum Gasteiger partial charge on any atom is -0.338 e. The third kappa shape index (κ3) is 4.47. The maximum Gasteiger partial charge on any atom is 0.241 e. The molecule has 0 amide bonds. The number of hydrogen-bond donors (Lipinski definition) is 0. The lowest BCUT2D eigenvalue weighted by atomic mass is 9.73. The second-order valence-electron chi connectivity index (χ2n) is 8.99. The van der Waals surface area contributed by atoms with Crippen LogP contribution in [0.15, 0.2) is 65.2 Å². The Morgan fingerprint density at radius 3 is 2.13 bits per heavy atom. The Hall–Kier alpha value is -2.50. The summed E-state index contributed by atoms with van der Waals surface area (Å²) in [5, 5.41) is 4.19. The number of likely N-dealkylation sites (tertiary alicyclic amines) is 2. The highest BCUT2D eigenvalue weighted by molar-refractivity contribution is 5.53. The zero-order valence-corrected chi connectivity index (χ0v) is 17.5. The van der Waals surface area contributed by atoms with E-state index in [9.17, 15) is 0 Å². The number of hydrogen-bond acceptors (Lipinski definition) is 5. The van der Waals surface area contributed by atoms with E-state index in [1.54, 1.807) is 0 Å². The molecule has 0 bridgehead atoms. The molecule has 1 atom stereocenters. The first kappa shape index (κ1) is 19.5. The lowest BCUT2D eigenvalue weighted by Gasteiger charge is -2.48. The van der Waals surface area contributed by atoms with Gasteiger partial charge in [-0.2, -0.15) is 4.98 Å². The van der Waals surface area contributed by atoms with Crippen LogP contribution < -0.4 is 0 Å². The van der Waals surface area contributed by atoms with Gasteiger partial charge in [-0.1, -0.05) is 65.8 Å². The van der Waals surface area contributed by atoms with Crippen molar-refractivity contribution in [2.24, 2.45) is 5.41 Å². The maximum atomic E-state index is 5.58. The first-order chi connectivity index (χ1) is 14.8. The third-order valence-electron chi connectivity index (χ3n) is 6.59. The summed E-state index contributed by atoms with van der Waals surface area (Å²) < 4.78 is 5.58. The Kier molecular flexibility index (Phi) is 5.65. The lowest BCUT2D eigenvalue weighted by molar-refractivity contribution is 0.00462. The molecule has 156 valence electrons. The summed E-state index contributed by atoms with van der Waals surface area (Å²) in [4.78, 5) is 9.83. The van der Waals surface area contributed by atoms with Crippen LogP contribution in [0.25, 0.3) is 11.4 Å². The first-order valence-electron chi connectivity index (χ1n) is 11.1. The Labute approximate surface area is 178 Å². The van der Waals surface area contributed by atoms with E-state index in [0.717, 1.165) is 37.6 Å². The molecule has 0 saturated carbocycles. The summed E-state index contributed by atoms with van der Waals surface area (Å²) in [5.41, 5.74) is 2.82. The number of benzene rings is 2. The van der Waals surface area contributed by atoms with Gasteiger partial charge in [-0.15, -0.1) is 0 Å². The number of aromatic nitrogens is 2. The molecule has 0 unspecified atom stereocenters. The molecule has 0 aliphatic carbocycles. The van der Waals surface area contributed by atoms with Crippen molar-refractivity contribution in [1.29, 1.82) is 0 Å². The fourth-order valence-electron chi connectivity index (χ4n) is 5.28. The van der Waals surface area contributed by atoms with Crippen LogP contribution in [0.3, 0.4) is 0 Å². The minimum absolute atomic E-state index is 0.396. The molecule has 2 aliphatic rings. The zero-order valence-electron chi connectivity index (χ0n) is 17.5. The summed E-state index contributed by atoms with van der Waals surface area (Å²) >= 11 is 0. The van der Waals surface area contributed by atoms with Gasteiger partial charge in [-0.3, -0.25) is 9.80 Å². The molecule has 2 saturated heterocycles. The molecule has 2 aliphatic heterocycles. The first-order valence-corrected chi connectivity index (χ1v) is 11.1. The summed E-state index contributed by atoms with van der Waals surface area (Å²) in [7, 11) is 0. The van der Waals surface area contributed by atoms with Gasteiger partial charge in [-0.25, -0.2) is 0 Å². The van der Waals surface area contributed by atoms with Crippen molar-refractivity contribution in [2.75, 3.05) is 26.2 Å². The van der Waals surface area contributed by atoms with Crippen molar-refractivity contribution in [3.05, 3.63) is 72.1 Å². The summed E-state index contributed by atoms with van der Waals surface area (Å²) in [6.07, 6.45) is 5.19. The third-order valence-corrected chi connectivity index (χ3v) is 6.59. The number of rotatable bonds is 5. The summed E-state index contributed by atoms with van der Waals surface area (Å²) in [6.45, 7) is 6.45. The maximum absolute atomic E-state index is 5.58. The Bertz CT molecular complexity index is 938. The average molecular weight is 403 g/mol. The number of nitrogens with zero attached hydrogens (tertiary/aromatic N) is 4. The predicted molar refractivity (Wildman–Crippen MR) is 118 cm³/mol. The van der Waals surface area contributed by atoms with Gasteiger partial charge in [0.05, 0.1) is 6.54 Å². The molecule has 1 spiro atoms. The van der Waals surface area contributed by atoms with E-state index in [4.69, 9.17) is 4.52 Å². The topological polar surface area (TPSA) is 45.4 Å². The molecule has 3 heterocycles. The van der Waals surface area contributed by atoms with Gasteiger partial charge >= 0.3 is 0 Å². The second-order valence-corrected chi connectivity index (χ2v) is 8.99. The van der Waals surface area contributed by atoms with E-state index in [-0.39, 0.29) is 0 Å². The SMILES string of the molecule is c1ccc(CN2CCC[C@@]3(CCCN(Cc4nc(-c5ccccc5)no4)C3)C2)cc1. The van der Waals surface area contributed by atoms with Crippen LogP contribution in [0.5, 0.6) is 0 Å². The molecule has 3 aromatic rings. The summed E-state index contributed by atoms with van der Waals surface area (Å²) in [5.74, 6) is 1.41. The minimum atomic E-state index is 0.396. The van der Waals surface area contributed by atoms with Gasteiger partial charge in [0.25, 0.3) is 0 Å². The van der Waals surface area contributed by atoms with Crippen LogP contribution in [0, 0.1) is 5.41 Å². The van der Waals surface area contributed by atoms with Crippen molar-refractivity contribution in [2.45, 2.75) is 38.8 Å². The van der Waals surface area contributed by atoms with Gasteiger partial charge in [0.1, 0.15) is 0 Å². The molecule has 5 heteroatoms. The van der Waals surface area contributed by atoms with Crippen molar-refractivity contribution in [1.82, 2.24) is 19.9 Å². The van der Waals surface area contributed by atoms with Crippen molar-refractivity contribution in [3.63, 3.8) is 0 Å². The molecule has 2 aromatic carbocycles. The molecule has 0 N–H and O–H groups in total. The molecular formula is C25H30N4O. The van der Waals surface area contributed by atoms with E-state index in [0.29, 0.717) is 11.2 Å². The average Bonchev–Trinajstić information content (AvgIpc) is 3.24. The molecule has 5 rings (SSSR count). The smallest absolute Gasteiger partial charge is 0.241 e. The molecule has 2 fully saturated rings. The Morgan fingerprint density at radius 2 is 1.43 bits per heavy atom. The van der Waals surface area contributed by atoms with Crippen molar-refractivity contribution in [3.8, 4) is 11.4 Å². The molecule has 0 radical (unpaired) electrons. The highest BCUT2D eigenvalue weighted by Crippen LogP contribution is 2.39. The van der Waals surface area contributed by atoms with E-state index < -0.39 is 0 Å². The van der Waals surface area contributed by atoms with Crippen LogP contribution in [-0.4, -0.2) is 46.1 Å². The van der Waals surface area contributed by atoms with Crippen LogP contribution in [0.2, 0.25) is 0 Å². The normalized spacial score (nSPS) is 23.1. The van der Waals surface area contributed by atoms with Gasteiger partial charge in [-0.05, 0) is 49.8 Å². The van der Waals surface area contributed by atoms with E-state index in [1.807, 2.05) is 30.3 Å². The zero-order chi connectivity index (χ0) is 20.2. The van der Waals surface area contributed by atoms with Crippen molar-refractivity contribution >= 4 is 0 Å². The van der Waals surface area contributed by atoms with E-state index in [1.165, 1.54) is 44.3 Å².